The lowest BCUT2D eigenvalue weighted by atomic mass is 9.77. The van der Waals surface area contributed by atoms with Crippen LogP contribution in [-0.2, 0) is 0 Å². The van der Waals surface area contributed by atoms with E-state index in [4.69, 9.17) is 5.73 Å². The molecule has 1 unspecified atom stereocenters. The monoisotopic (exact) mass is 257 g/mol. The average Bonchev–Trinajstić information content (AvgIpc) is 2.06. The Morgan fingerprint density at radius 3 is 2.71 bits per heavy atom. The molecular weight excluding hydrogens is 245 g/mol. The standard InChI is InChI=1S/C11H13BrFN/c12-10-8(5-2-6-9(10)13)11(14)7-3-1-4-7/h2,5-7,11H,1,3-4,14H2. The maximum absolute atomic E-state index is 13.2. The molecule has 2 N–H and O–H groups in total. The molecule has 0 spiro atoms. The number of rotatable bonds is 2. The van der Waals surface area contributed by atoms with E-state index in [1.165, 1.54) is 25.3 Å². The van der Waals surface area contributed by atoms with Crippen molar-refractivity contribution in [3.63, 3.8) is 0 Å². The Morgan fingerprint density at radius 2 is 2.14 bits per heavy atom. The van der Waals surface area contributed by atoms with Crippen molar-refractivity contribution in [2.45, 2.75) is 25.3 Å². The van der Waals surface area contributed by atoms with Gasteiger partial charge in [0.25, 0.3) is 0 Å². The first kappa shape index (κ1) is 10.1. The zero-order chi connectivity index (χ0) is 10.1. The van der Waals surface area contributed by atoms with E-state index in [0.717, 1.165) is 5.56 Å². The summed E-state index contributed by atoms with van der Waals surface area (Å²) in [6.07, 6.45) is 3.60. The number of halogens is 2. The third kappa shape index (κ3) is 1.71. The highest BCUT2D eigenvalue weighted by molar-refractivity contribution is 9.10. The summed E-state index contributed by atoms with van der Waals surface area (Å²) in [6, 6.07) is 5.04. The van der Waals surface area contributed by atoms with Crippen molar-refractivity contribution in [1.82, 2.24) is 0 Å². The Bertz CT molecular complexity index is 336. The van der Waals surface area contributed by atoms with Crippen LogP contribution in [0.4, 0.5) is 4.39 Å². The van der Waals surface area contributed by atoms with Crippen LogP contribution in [-0.4, -0.2) is 0 Å². The van der Waals surface area contributed by atoms with E-state index in [2.05, 4.69) is 15.9 Å². The highest BCUT2D eigenvalue weighted by Gasteiger charge is 2.27. The van der Waals surface area contributed by atoms with Crippen molar-refractivity contribution >= 4 is 15.9 Å². The Kier molecular flexibility index (Phi) is 2.88. The minimum absolute atomic E-state index is 0.0196. The van der Waals surface area contributed by atoms with Gasteiger partial charge in [0, 0.05) is 6.04 Å². The molecule has 14 heavy (non-hydrogen) atoms. The Labute approximate surface area is 91.6 Å². The van der Waals surface area contributed by atoms with Gasteiger partial charge in [0.15, 0.2) is 0 Å². The van der Waals surface area contributed by atoms with Crippen LogP contribution in [0, 0.1) is 11.7 Å². The largest absolute Gasteiger partial charge is 0.324 e. The molecule has 1 aliphatic rings. The molecule has 1 aromatic rings. The van der Waals surface area contributed by atoms with Crippen molar-refractivity contribution in [2.24, 2.45) is 11.7 Å². The highest BCUT2D eigenvalue weighted by atomic mass is 79.9. The lowest BCUT2D eigenvalue weighted by Crippen LogP contribution is -2.27. The van der Waals surface area contributed by atoms with Crippen molar-refractivity contribution in [1.29, 1.82) is 0 Å². The first-order valence-corrected chi connectivity index (χ1v) is 5.69. The van der Waals surface area contributed by atoms with Crippen LogP contribution < -0.4 is 5.73 Å². The molecule has 0 aliphatic heterocycles. The summed E-state index contributed by atoms with van der Waals surface area (Å²) in [4.78, 5) is 0. The second-order valence-electron chi connectivity index (χ2n) is 3.86. The maximum atomic E-state index is 13.2. The van der Waals surface area contributed by atoms with Crippen LogP contribution in [0.1, 0.15) is 30.9 Å². The summed E-state index contributed by atoms with van der Waals surface area (Å²) < 4.78 is 13.7. The first-order chi connectivity index (χ1) is 6.70. The van der Waals surface area contributed by atoms with E-state index in [1.54, 1.807) is 6.07 Å². The van der Waals surface area contributed by atoms with E-state index in [-0.39, 0.29) is 11.9 Å². The van der Waals surface area contributed by atoms with Crippen LogP contribution >= 0.6 is 15.9 Å². The molecule has 2 rings (SSSR count). The molecule has 0 heterocycles. The van der Waals surface area contributed by atoms with Gasteiger partial charge in [0.05, 0.1) is 4.47 Å². The summed E-state index contributed by atoms with van der Waals surface area (Å²) in [5, 5.41) is 0. The third-order valence-corrected chi connectivity index (χ3v) is 3.83. The highest BCUT2D eigenvalue weighted by Crippen LogP contribution is 2.38. The van der Waals surface area contributed by atoms with Gasteiger partial charge in [-0.25, -0.2) is 4.39 Å². The van der Waals surface area contributed by atoms with Gasteiger partial charge in [0.2, 0.25) is 0 Å². The number of nitrogens with two attached hydrogens (primary N) is 1. The van der Waals surface area contributed by atoms with Crippen molar-refractivity contribution < 1.29 is 4.39 Å². The van der Waals surface area contributed by atoms with Crippen molar-refractivity contribution in [3.8, 4) is 0 Å². The van der Waals surface area contributed by atoms with Crippen molar-refractivity contribution in [3.05, 3.63) is 34.1 Å². The smallest absolute Gasteiger partial charge is 0.137 e. The number of hydrogen-bond acceptors (Lipinski definition) is 1. The molecule has 76 valence electrons. The molecule has 0 saturated heterocycles. The van der Waals surface area contributed by atoms with Crippen LogP contribution in [0.15, 0.2) is 22.7 Å². The SMILES string of the molecule is NC(c1cccc(F)c1Br)C1CCC1. The van der Waals surface area contributed by atoms with Gasteiger partial charge in [-0.3, -0.25) is 0 Å². The molecule has 1 atom stereocenters. The third-order valence-electron chi connectivity index (χ3n) is 3.00. The first-order valence-electron chi connectivity index (χ1n) is 4.89. The second kappa shape index (κ2) is 3.99. The molecule has 3 heteroatoms. The zero-order valence-corrected chi connectivity index (χ0v) is 9.43. The average molecular weight is 258 g/mol. The Morgan fingerprint density at radius 1 is 1.43 bits per heavy atom. The topological polar surface area (TPSA) is 26.0 Å². The molecule has 1 fully saturated rings. The van der Waals surface area contributed by atoms with Crippen LogP contribution in [0.2, 0.25) is 0 Å². The Balaban J connectivity index is 2.26. The molecule has 1 aliphatic carbocycles. The van der Waals surface area contributed by atoms with Gasteiger partial charge in [0.1, 0.15) is 5.82 Å². The van der Waals surface area contributed by atoms with Gasteiger partial charge >= 0.3 is 0 Å². The molecule has 1 nitrogen and oxygen atoms in total. The fourth-order valence-electron chi connectivity index (χ4n) is 1.83. The van der Waals surface area contributed by atoms with E-state index in [1.807, 2.05) is 6.07 Å². The van der Waals surface area contributed by atoms with Gasteiger partial charge in [-0.15, -0.1) is 0 Å². The van der Waals surface area contributed by atoms with E-state index in [0.29, 0.717) is 10.4 Å². The second-order valence-corrected chi connectivity index (χ2v) is 4.65. The quantitative estimate of drug-likeness (QED) is 0.864. The number of benzene rings is 1. The molecule has 0 bridgehead atoms. The fraction of sp³-hybridized carbons (Fsp3) is 0.455. The van der Waals surface area contributed by atoms with Gasteiger partial charge in [-0.05, 0) is 46.3 Å². The molecule has 1 saturated carbocycles. The summed E-state index contributed by atoms with van der Waals surface area (Å²) >= 11 is 3.25. The summed E-state index contributed by atoms with van der Waals surface area (Å²) in [6.45, 7) is 0. The zero-order valence-electron chi connectivity index (χ0n) is 7.84. The predicted molar refractivity (Wildman–Crippen MR) is 58.4 cm³/mol. The summed E-state index contributed by atoms with van der Waals surface area (Å²) in [5.74, 6) is 0.311. The predicted octanol–water partition coefficient (Wildman–Crippen LogP) is 3.39. The number of hydrogen-bond donors (Lipinski definition) is 1. The lowest BCUT2D eigenvalue weighted by molar-refractivity contribution is 0.263. The van der Waals surface area contributed by atoms with Gasteiger partial charge in [-0.1, -0.05) is 18.6 Å². The van der Waals surface area contributed by atoms with Crippen LogP contribution in [0.3, 0.4) is 0 Å². The van der Waals surface area contributed by atoms with Gasteiger partial charge in [-0.2, -0.15) is 0 Å². The van der Waals surface area contributed by atoms with E-state index < -0.39 is 0 Å². The van der Waals surface area contributed by atoms with E-state index >= 15 is 0 Å². The van der Waals surface area contributed by atoms with Gasteiger partial charge < -0.3 is 5.73 Å². The van der Waals surface area contributed by atoms with E-state index in [9.17, 15) is 4.39 Å². The normalized spacial score (nSPS) is 19.1. The molecule has 0 aromatic heterocycles. The molecule has 0 amide bonds. The van der Waals surface area contributed by atoms with Crippen LogP contribution in [0.25, 0.3) is 0 Å². The minimum atomic E-state index is -0.225. The minimum Gasteiger partial charge on any atom is -0.324 e. The van der Waals surface area contributed by atoms with Crippen LogP contribution in [0.5, 0.6) is 0 Å². The lowest BCUT2D eigenvalue weighted by Gasteiger charge is -2.32. The molecular formula is C11H13BrFN. The Hall–Kier alpha value is -0.410. The van der Waals surface area contributed by atoms with Crippen molar-refractivity contribution in [2.75, 3.05) is 0 Å². The summed E-state index contributed by atoms with van der Waals surface area (Å²) in [7, 11) is 0. The molecule has 1 aromatic carbocycles. The maximum Gasteiger partial charge on any atom is 0.137 e. The fourth-order valence-corrected chi connectivity index (χ4v) is 2.36. The summed E-state index contributed by atoms with van der Waals surface area (Å²) in [5.41, 5.74) is 6.97. The molecule has 0 radical (unpaired) electrons.